The highest BCUT2D eigenvalue weighted by molar-refractivity contribution is 9.11. The lowest BCUT2D eigenvalue weighted by molar-refractivity contribution is 0.414. The molecule has 2 nitrogen and oxygen atoms in total. The minimum atomic E-state index is 0.126. The van der Waals surface area contributed by atoms with Crippen molar-refractivity contribution in [2.24, 2.45) is 0 Å². The standard InChI is InChI=1S/C11H14BrNO/c1-4-8(2)5-11(12)10(7-13)6-9(3)14/h5-6,14H,4H2,1-3H3/b8-5+,9-6+,11-10-. The summed E-state index contributed by atoms with van der Waals surface area (Å²) in [6.07, 6.45) is 4.26. The van der Waals surface area contributed by atoms with Gasteiger partial charge in [-0.25, -0.2) is 0 Å². The van der Waals surface area contributed by atoms with Crippen LogP contribution in [0, 0.1) is 11.3 Å². The van der Waals surface area contributed by atoms with Crippen molar-refractivity contribution in [1.29, 1.82) is 5.26 Å². The van der Waals surface area contributed by atoms with E-state index in [1.807, 2.05) is 26.0 Å². The maximum Gasteiger partial charge on any atom is 0.100 e. The van der Waals surface area contributed by atoms with E-state index in [0.717, 1.165) is 6.42 Å². The number of halogens is 1. The Kier molecular flexibility index (Phi) is 5.98. The lowest BCUT2D eigenvalue weighted by Crippen LogP contribution is -1.81. The second-order valence-electron chi connectivity index (χ2n) is 3.00. The third-order valence-corrected chi connectivity index (χ3v) is 2.32. The van der Waals surface area contributed by atoms with Crippen LogP contribution in [0.3, 0.4) is 0 Å². The van der Waals surface area contributed by atoms with Crippen LogP contribution in [-0.4, -0.2) is 5.11 Å². The summed E-state index contributed by atoms with van der Waals surface area (Å²) in [5, 5.41) is 17.8. The van der Waals surface area contributed by atoms with E-state index < -0.39 is 0 Å². The van der Waals surface area contributed by atoms with Crippen LogP contribution in [0.15, 0.2) is 33.5 Å². The Morgan fingerprint density at radius 3 is 2.36 bits per heavy atom. The molecule has 76 valence electrons. The van der Waals surface area contributed by atoms with E-state index in [9.17, 15) is 0 Å². The summed E-state index contributed by atoms with van der Waals surface area (Å²) in [6, 6.07) is 2.01. The van der Waals surface area contributed by atoms with Gasteiger partial charge in [0.15, 0.2) is 0 Å². The molecule has 14 heavy (non-hydrogen) atoms. The van der Waals surface area contributed by atoms with Gasteiger partial charge in [-0.2, -0.15) is 5.26 Å². The Bertz CT molecular complexity index is 328. The van der Waals surface area contributed by atoms with Crippen molar-refractivity contribution >= 4 is 15.9 Å². The van der Waals surface area contributed by atoms with Crippen molar-refractivity contribution in [3.63, 3.8) is 0 Å². The van der Waals surface area contributed by atoms with Crippen LogP contribution >= 0.6 is 15.9 Å². The molecular weight excluding hydrogens is 242 g/mol. The molecule has 1 N–H and O–H groups in total. The molecule has 0 heterocycles. The van der Waals surface area contributed by atoms with E-state index >= 15 is 0 Å². The van der Waals surface area contributed by atoms with Crippen molar-refractivity contribution in [3.05, 3.63) is 33.5 Å². The lowest BCUT2D eigenvalue weighted by Gasteiger charge is -1.97. The van der Waals surface area contributed by atoms with Gasteiger partial charge in [-0.1, -0.05) is 12.5 Å². The fourth-order valence-corrected chi connectivity index (χ4v) is 1.35. The summed E-state index contributed by atoms with van der Waals surface area (Å²) in [5.74, 6) is 0.126. The molecule has 0 aromatic rings. The van der Waals surface area contributed by atoms with E-state index in [0.29, 0.717) is 10.1 Å². The first kappa shape index (κ1) is 13.0. The molecule has 0 fully saturated rings. The maximum atomic E-state index is 9.03. The zero-order chi connectivity index (χ0) is 11.1. The summed E-state index contributed by atoms with van der Waals surface area (Å²) < 4.78 is 0.702. The summed E-state index contributed by atoms with van der Waals surface area (Å²) in [7, 11) is 0. The third kappa shape index (κ3) is 4.88. The predicted molar refractivity (Wildman–Crippen MR) is 62.0 cm³/mol. The van der Waals surface area contributed by atoms with Crippen LogP contribution in [0.5, 0.6) is 0 Å². The Hall–Kier alpha value is -1.01. The SMILES string of the molecule is CC/C(C)=C/C(Br)=C(C#N)\C=C(/C)O. The van der Waals surface area contributed by atoms with E-state index in [2.05, 4.69) is 15.9 Å². The Balaban J connectivity index is 5.07. The first-order valence-electron chi connectivity index (χ1n) is 4.35. The number of nitrogens with zero attached hydrogens (tertiary/aromatic N) is 1. The molecular formula is C11H14BrNO. The second-order valence-corrected chi connectivity index (χ2v) is 3.86. The molecule has 0 saturated carbocycles. The number of hydrogen-bond acceptors (Lipinski definition) is 2. The summed E-state index contributed by atoms with van der Waals surface area (Å²) in [4.78, 5) is 0. The highest BCUT2D eigenvalue weighted by Gasteiger charge is 1.99. The smallest absolute Gasteiger partial charge is 0.100 e. The van der Waals surface area contributed by atoms with Crippen LogP contribution in [0.1, 0.15) is 27.2 Å². The van der Waals surface area contributed by atoms with E-state index in [1.165, 1.54) is 18.6 Å². The fourth-order valence-electron chi connectivity index (χ4n) is 0.760. The van der Waals surface area contributed by atoms with Gasteiger partial charge in [-0.15, -0.1) is 0 Å². The van der Waals surface area contributed by atoms with Gasteiger partial charge in [0, 0.05) is 4.48 Å². The van der Waals surface area contributed by atoms with Gasteiger partial charge in [-0.3, -0.25) is 0 Å². The molecule has 0 saturated heterocycles. The minimum Gasteiger partial charge on any atom is -0.513 e. The Morgan fingerprint density at radius 2 is 2.00 bits per heavy atom. The van der Waals surface area contributed by atoms with Crippen LogP contribution in [0.2, 0.25) is 0 Å². The predicted octanol–water partition coefficient (Wildman–Crippen LogP) is 3.98. The zero-order valence-corrected chi connectivity index (χ0v) is 10.2. The van der Waals surface area contributed by atoms with E-state index in [4.69, 9.17) is 10.4 Å². The van der Waals surface area contributed by atoms with Crippen molar-refractivity contribution in [3.8, 4) is 6.07 Å². The van der Waals surface area contributed by atoms with Crippen molar-refractivity contribution in [2.75, 3.05) is 0 Å². The van der Waals surface area contributed by atoms with Crippen molar-refractivity contribution < 1.29 is 5.11 Å². The summed E-state index contributed by atoms with van der Waals surface area (Å²) >= 11 is 3.30. The van der Waals surface area contributed by atoms with E-state index in [-0.39, 0.29) is 5.76 Å². The molecule has 0 aromatic heterocycles. The van der Waals surface area contributed by atoms with Gasteiger partial charge >= 0.3 is 0 Å². The molecule has 0 aliphatic carbocycles. The first-order chi connectivity index (χ1) is 6.51. The van der Waals surface area contributed by atoms with Gasteiger partial charge in [0.1, 0.15) is 6.07 Å². The molecule has 0 aromatic carbocycles. The molecule has 0 aliphatic heterocycles. The molecule has 0 aliphatic rings. The van der Waals surface area contributed by atoms with Crippen LogP contribution in [-0.2, 0) is 0 Å². The van der Waals surface area contributed by atoms with Crippen LogP contribution < -0.4 is 0 Å². The average Bonchev–Trinajstić information content (AvgIpc) is 2.13. The molecule has 0 atom stereocenters. The number of rotatable bonds is 3. The van der Waals surface area contributed by atoms with Crippen LogP contribution in [0.4, 0.5) is 0 Å². The van der Waals surface area contributed by atoms with E-state index in [1.54, 1.807) is 0 Å². The average molecular weight is 256 g/mol. The number of hydrogen-bond donors (Lipinski definition) is 1. The molecule has 0 radical (unpaired) electrons. The molecule has 0 amide bonds. The summed E-state index contributed by atoms with van der Waals surface area (Å²) in [5.41, 5.74) is 1.60. The fraction of sp³-hybridized carbons (Fsp3) is 0.364. The number of nitriles is 1. The minimum absolute atomic E-state index is 0.126. The largest absolute Gasteiger partial charge is 0.513 e. The quantitative estimate of drug-likeness (QED) is 0.471. The maximum absolute atomic E-state index is 9.03. The number of aliphatic hydroxyl groups is 1. The molecule has 3 heteroatoms. The van der Waals surface area contributed by atoms with Gasteiger partial charge in [-0.05, 0) is 48.4 Å². The first-order valence-corrected chi connectivity index (χ1v) is 5.14. The topological polar surface area (TPSA) is 44.0 Å². The Labute approximate surface area is 93.4 Å². The summed E-state index contributed by atoms with van der Waals surface area (Å²) in [6.45, 7) is 5.57. The number of aliphatic hydroxyl groups excluding tert-OH is 1. The molecule has 0 unspecified atom stereocenters. The lowest BCUT2D eigenvalue weighted by atomic mass is 10.1. The van der Waals surface area contributed by atoms with Crippen LogP contribution in [0.25, 0.3) is 0 Å². The van der Waals surface area contributed by atoms with Crippen molar-refractivity contribution in [2.45, 2.75) is 27.2 Å². The second kappa shape index (κ2) is 6.44. The monoisotopic (exact) mass is 255 g/mol. The van der Waals surface area contributed by atoms with Crippen molar-refractivity contribution in [1.82, 2.24) is 0 Å². The van der Waals surface area contributed by atoms with Gasteiger partial charge in [0.2, 0.25) is 0 Å². The zero-order valence-electron chi connectivity index (χ0n) is 8.63. The highest BCUT2D eigenvalue weighted by Crippen LogP contribution is 2.18. The normalized spacial score (nSPS) is 14.8. The van der Waals surface area contributed by atoms with Gasteiger partial charge in [0.25, 0.3) is 0 Å². The van der Waals surface area contributed by atoms with Gasteiger partial charge < -0.3 is 5.11 Å². The molecule has 0 spiro atoms. The molecule has 0 rings (SSSR count). The molecule has 0 bridgehead atoms. The van der Waals surface area contributed by atoms with Gasteiger partial charge in [0.05, 0.1) is 11.3 Å². The Morgan fingerprint density at radius 1 is 1.43 bits per heavy atom. The number of allylic oxidation sites excluding steroid dienone is 6. The highest BCUT2D eigenvalue weighted by atomic mass is 79.9. The third-order valence-electron chi connectivity index (χ3n) is 1.66.